The number of hydrogen-bond acceptors (Lipinski definition) is 5. The fraction of sp³-hybridized carbons (Fsp3) is 0.133. The van der Waals surface area contributed by atoms with Gasteiger partial charge >= 0.3 is 0 Å². The molecular weight excluding hydrogens is 320 g/mol. The van der Waals surface area contributed by atoms with Crippen molar-refractivity contribution >= 4 is 42.1 Å². The fourth-order valence-corrected chi connectivity index (χ4v) is 2.58. The third kappa shape index (κ3) is 3.03. The molecule has 1 aromatic carbocycles. The first-order valence-electron chi connectivity index (χ1n) is 6.38. The summed E-state index contributed by atoms with van der Waals surface area (Å²) in [5, 5.41) is 9.85. The SMILES string of the molecule is CN=Cc1c(N)[nH]c(=S)c(C=NC)c1-c1ccc(O)c(Cl)c1. The molecule has 0 unspecified atom stereocenters. The Balaban J connectivity index is 2.91. The van der Waals surface area contributed by atoms with Crippen molar-refractivity contribution in [3.63, 3.8) is 0 Å². The molecule has 1 heterocycles. The number of nitrogens with one attached hydrogen (secondary N) is 1. The van der Waals surface area contributed by atoms with E-state index in [2.05, 4.69) is 15.0 Å². The zero-order valence-electron chi connectivity index (χ0n) is 12.1. The number of aromatic amines is 1. The summed E-state index contributed by atoms with van der Waals surface area (Å²) in [6.07, 6.45) is 3.30. The van der Waals surface area contributed by atoms with Gasteiger partial charge in [0, 0.05) is 43.2 Å². The van der Waals surface area contributed by atoms with Crippen LogP contribution >= 0.6 is 23.8 Å². The van der Waals surface area contributed by atoms with Crippen LogP contribution in [0.4, 0.5) is 5.82 Å². The maximum absolute atomic E-state index is 9.61. The summed E-state index contributed by atoms with van der Waals surface area (Å²) in [6, 6.07) is 4.92. The number of hydrogen-bond donors (Lipinski definition) is 3. The van der Waals surface area contributed by atoms with Gasteiger partial charge in [0.1, 0.15) is 16.2 Å². The quantitative estimate of drug-likeness (QED) is 0.593. The number of aromatic nitrogens is 1. The second-order valence-electron chi connectivity index (χ2n) is 4.51. The lowest BCUT2D eigenvalue weighted by molar-refractivity contribution is 0.475. The number of halogens is 1. The molecule has 0 aliphatic heterocycles. The van der Waals surface area contributed by atoms with Crippen molar-refractivity contribution in [3.05, 3.63) is 39.0 Å². The minimum absolute atomic E-state index is 0.0101. The normalized spacial score (nSPS) is 11.6. The molecule has 4 N–H and O–H groups in total. The standard InChI is InChI=1S/C15H15ClN4OS/c1-18-6-9-13(8-3-4-12(21)11(16)5-8)10(7-19-2)15(22)20-14(9)17/h3-7,21H,1-2H3,(H3,17,20,22). The summed E-state index contributed by atoms with van der Waals surface area (Å²) in [5.74, 6) is 0.416. The first-order valence-corrected chi connectivity index (χ1v) is 7.17. The molecule has 0 aliphatic carbocycles. The number of phenolic OH excluding ortho intramolecular Hbond substituents is 1. The molecule has 0 bridgehead atoms. The Labute approximate surface area is 138 Å². The van der Waals surface area contributed by atoms with E-state index in [1.165, 1.54) is 6.07 Å². The van der Waals surface area contributed by atoms with Crippen molar-refractivity contribution in [1.82, 2.24) is 4.98 Å². The lowest BCUT2D eigenvalue weighted by Crippen LogP contribution is -2.05. The Hall–Kier alpha value is -2.18. The van der Waals surface area contributed by atoms with Crippen molar-refractivity contribution in [3.8, 4) is 16.9 Å². The van der Waals surface area contributed by atoms with E-state index in [0.29, 0.717) is 21.6 Å². The summed E-state index contributed by atoms with van der Waals surface area (Å²) < 4.78 is 0.468. The summed E-state index contributed by atoms with van der Waals surface area (Å²) >= 11 is 11.4. The third-order valence-corrected chi connectivity index (χ3v) is 3.70. The van der Waals surface area contributed by atoms with E-state index in [-0.39, 0.29) is 10.8 Å². The maximum Gasteiger partial charge on any atom is 0.134 e. The van der Waals surface area contributed by atoms with E-state index in [4.69, 9.17) is 29.6 Å². The Bertz CT molecular complexity index is 827. The van der Waals surface area contributed by atoms with Crippen LogP contribution in [0.3, 0.4) is 0 Å². The van der Waals surface area contributed by atoms with Crippen LogP contribution in [0.5, 0.6) is 5.75 Å². The van der Waals surface area contributed by atoms with Gasteiger partial charge in [-0.25, -0.2) is 0 Å². The highest BCUT2D eigenvalue weighted by molar-refractivity contribution is 7.71. The Morgan fingerprint density at radius 2 is 1.86 bits per heavy atom. The topological polar surface area (TPSA) is 86.8 Å². The van der Waals surface area contributed by atoms with Gasteiger partial charge in [-0.3, -0.25) is 9.98 Å². The number of rotatable bonds is 3. The number of nitrogens with zero attached hydrogens (tertiary/aromatic N) is 2. The zero-order valence-corrected chi connectivity index (χ0v) is 13.7. The third-order valence-electron chi connectivity index (χ3n) is 3.07. The average molecular weight is 335 g/mol. The molecule has 2 aromatic rings. The average Bonchev–Trinajstić information content (AvgIpc) is 2.47. The van der Waals surface area contributed by atoms with Crippen LogP contribution in [-0.4, -0.2) is 36.6 Å². The first-order chi connectivity index (χ1) is 10.5. The molecule has 0 radical (unpaired) electrons. The second kappa shape index (κ2) is 6.72. The Morgan fingerprint density at radius 3 is 2.45 bits per heavy atom. The molecule has 7 heteroatoms. The summed E-state index contributed by atoms with van der Waals surface area (Å²) in [7, 11) is 3.31. The van der Waals surface area contributed by atoms with E-state index in [1.807, 2.05) is 0 Å². The number of H-pyrrole nitrogens is 1. The Morgan fingerprint density at radius 1 is 1.23 bits per heavy atom. The van der Waals surface area contributed by atoms with Gasteiger partial charge in [0.25, 0.3) is 0 Å². The van der Waals surface area contributed by atoms with Crippen LogP contribution in [0.1, 0.15) is 11.1 Å². The lowest BCUT2D eigenvalue weighted by Gasteiger charge is -2.13. The van der Waals surface area contributed by atoms with Gasteiger partial charge in [0.2, 0.25) is 0 Å². The van der Waals surface area contributed by atoms with Gasteiger partial charge in [0.05, 0.1) is 5.02 Å². The molecule has 0 saturated heterocycles. The first kappa shape index (κ1) is 16.2. The number of phenols is 1. The van der Waals surface area contributed by atoms with Crippen LogP contribution in [0, 0.1) is 4.64 Å². The van der Waals surface area contributed by atoms with E-state index >= 15 is 0 Å². The number of pyridine rings is 1. The zero-order chi connectivity index (χ0) is 16.3. The molecule has 114 valence electrons. The number of aromatic hydroxyl groups is 1. The van der Waals surface area contributed by atoms with Gasteiger partial charge in [-0.1, -0.05) is 29.9 Å². The maximum atomic E-state index is 9.61. The molecule has 0 fully saturated rings. The van der Waals surface area contributed by atoms with Crippen molar-refractivity contribution in [2.75, 3.05) is 19.8 Å². The van der Waals surface area contributed by atoms with Gasteiger partial charge < -0.3 is 15.8 Å². The molecule has 0 saturated carbocycles. The van der Waals surface area contributed by atoms with Crippen LogP contribution in [-0.2, 0) is 0 Å². The summed E-state index contributed by atoms with van der Waals surface area (Å²) in [6.45, 7) is 0. The highest BCUT2D eigenvalue weighted by Crippen LogP contribution is 2.34. The molecule has 0 atom stereocenters. The number of benzene rings is 1. The van der Waals surface area contributed by atoms with Crippen molar-refractivity contribution in [2.24, 2.45) is 9.98 Å². The lowest BCUT2D eigenvalue weighted by atomic mass is 9.96. The molecule has 0 aliphatic rings. The van der Waals surface area contributed by atoms with E-state index in [0.717, 1.165) is 11.1 Å². The van der Waals surface area contributed by atoms with E-state index in [1.54, 1.807) is 38.7 Å². The van der Waals surface area contributed by atoms with Crippen LogP contribution in [0.15, 0.2) is 28.2 Å². The van der Waals surface area contributed by atoms with Gasteiger partial charge in [-0.15, -0.1) is 0 Å². The highest BCUT2D eigenvalue weighted by atomic mass is 35.5. The van der Waals surface area contributed by atoms with Gasteiger partial charge in [-0.2, -0.15) is 0 Å². The molecule has 0 spiro atoms. The fourth-order valence-electron chi connectivity index (χ4n) is 2.14. The van der Waals surface area contributed by atoms with Crippen molar-refractivity contribution < 1.29 is 5.11 Å². The molecule has 0 amide bonds. The van der Waals surface area contributed by atoms with Crippen LogP contribution in [0.25, 0.3) is 11.1 Å². The van der Waals surface area contributed by atoms with Crippen LogP contribution < -0.4 is 5.73 Å². The highest BCUT2D eigenvalue weighted by Gasteiger charge is 2.15. The second-order valence-corrected chi connectivity index (χ2v) is 5.33. The van der Waals surface area contributed by atoms with E-state index < -0.39 is 0 Å². The van der Waals surface area contributed by atoms with Crippen LogP contribution in [0.2, 0.25) is 5.02 Å². The number of aliphatic imine (C=N–C) groups is 2. The minimum atomic E-state index is 0.0101. The molecule has 5 nitrogen and oxygen atoms in total. The Kier molecular flexibility index (Phi) is 4.95. The molecule has 2 rings (SSSR count). The van der Waals surface area contributed by atoms with E-state index in [9.17, 15) is 5.11 Å². The monoisotopic (exact) mass is 334 g/mol. The predicted molar refractivity (Wildman–Crippen MR) is 95.2 cm³/mol. The molecule has 1 aromatic heterocycles. The largest absolute Gasteiger partial charge is 0.506 e. The van der Waals surface area contributed by atoms with Crippen molar-refractivity contribution in [1.29, 1.82) is 0 Å². The predicted octanol–water partition coefficient (Wildman–Crippen LogP) is 3.45. The van der Waals surface area contributed by atoms with Gasteiger partial charge in [0.15, 0.2) is 0 Å². The number of nitrogen functional groups attached to an aromatic ring is 1. The molecular formula is C15H15ClN4OS. The number of nitrogens with two attached hydrogens (primary N) is 1. The molecule has 22 heavy (non-hydrogen) atoms. The van der Waals surface area contributed by atoms with Crippen molar-refractivity contribution in [2.45, 2.75) is 0 Å². The van der Waals surface area contributed by atoms with Gasteiger partial charge in [-0.05, 0) is 17.7 Å². The summed E-state index contributed by atoms with van der Waals surface area (Å²) in [5.41, 5.74) is 8.96. The summed E-state index contributed by atoms with van der Waals surface area (Å²) in [4.78, 5) is 11.0. The minimum Gasteiger partial charge on any atom is -0.506 e. The smallest absolute Gasteiger partial charge is 0.134 e. The number of anilines is 1.